The van der Waals surface area contributed by atoms with Crippen molar-refractivity contribution in [3.05, 3.63) is 39.9 Å². The Balaban J connectivity index is 2.70. The molecule has 1 rings (SSSR count). The molecule has 6 nitrogen and oxygen atoms in total. The zero-order valence-corrected chi connectivity index (χ0v) is 12.2. The van der Waals surface area contributed by atoms with Crippen molar-refractivity contribution in [1.29, 1.82) is 0 Å². The van der Waals surface area contributed by atoms with Crippen LogP contribution in [0.4, 0.5) is 5.69 Å². The highest BCUT2D eigenvalue weighted by Gasteiger charge is 2.15. The Kier molecular flexibility index (Phi) is 7.14. The fourth-order valence-corrected chi connectivity index (χ4v) is 2.02. The molecule has 0 bridgehead atoms. The predicted molar refractivity (Wildman–Crippen MR) is 76.8 cm³/mol. The van der Waals surface area contributed by atoms with Gasteiger partial charge in [0.1, 0.15) is 0 Å². The number of ether oxygens (including phenoxy) is 2. The van der Waals surface area contributed by atoms with Crippen LogP contribution < -0.4 is 5.32 Å². The molecule has 0 aliphatic heterocycles. The largest absolute Gasteiger partial charge is 0.382 e. The first-order chi connectivity index (χ1) is 9.62. The van der Waals surface area contributed by atoms with E-state index in [9.17, 15) is 10.1 Å². The van der Waals surface area contributed by atoms with Gasteiger partial charge in [0, 0.05) is 38.9 Å². The molecule has 0 aliphatic carbocycles. The second-order valence-electron chi connectivity index (χ2n) is 4.53. The molecular formula is C14H22N2O4. The summed E-state index contributed by atoms with van der Waals surface area (Å²) >= 11 is 0. The van der Waals surface area contributed by atoms with Gasteiger partial charge in [-0.3, -0.25) is 10.1 Å². The van der Waals surface area contributed by atoms with E-state index >= 15 is 0 Å². The third kappa shape index (κ3) is 4.88. The number of hydrogen-bond acceptors (Lipinski definition) is 5. The number of nitrogens with zero attached hydrogens (tertiary/aromatic N) is 1. The standard InChI is InChI=1S/C14H22N2O4/c1-4-14(15-9-13(20-3)10-19-2)11-6-5-7-12(8-11)16(17)18/h5-8,13-15H,4,9-10H2,1-3H3. The molecule has 20 heavy (non-hydrogen) atoms. The number of nitro benzene ring substituents is 1. The summed E-state index contributed by atoms with van der Waals surface area (Å²) in [4.78, 5) is 10.4. The summed E-state index contributed by atoms with van der Waals surface area (Å²) in [5.74, 6) is 0. The van der Waals surface area contributed by atoms with Crippen LogP contribution in [0.1, 0.15) is 24.9 Å². The van der Waals surface area contributed by atoms with E-state index in [0.29, 0.717) is 13.2 Å². The van der Waals surface area contributed by atoms with Gasteiger partial charge >= 0.3 is 0 Å². The van der Waals surface area contributed by atoms with E-state index in [1.807, 2.05) is 13.0 Å². The summed E-state index contributed by atoms with van der Waals surface area (Å²) in [6, 6.07) is 6.77. The molecule has 2 atom stereocenters. The molecule has 0 amide bonds. The third-order valence-corrected chi connectivity index (χ3v) is 3.17. The molecule has 0 heterocycles. The van der Waals surface area contributed by atoms with Gasteiger partial charge in [-0.2, -0.15) is 0 Å². The minimum atomic E-state index is -0.376. The van der Waals surface area contributed by atoms with E-state index in [4.69, 9.17) is 9.47 Å². The quantitative estimate of drug-likeness (QED) is 0.555. The van der Waals surface area contributed by atoms with Crippen LogP contribution in [0.25, 0.3) is 0 Å². The van der Waals surface area contributed by atoms with Gasteiger partial charge in [0.2, 0.25) is 0 Å². The van der Waals surface area contributed by atoms with Gasteiger partial charge in [0.05, 0.1) is 17.6 Å². The minimum absolute atomic E-state index is 0.0345. The lowest BCUT2D eigenvalue weighted by atomic mass is 10.0. The lowest BCUT2D eigenvalue weighted by Gasteiger charge is -2.21. The number of nitrogens with one attached hydrogen (secondary N) is 1. The average molecular weight is 282 g/mol. The van der Waals surface area contributed by atoms with Crippen molar-refractivity contribution >= 4 is 5.69 Å². The molecule has 0 aromatic heterocycles. The fourth-order valence-electron chi connectivity index (χ4n) is 2.02. The van der Waals surface area contributed by atoms with Crippen molar-refractivity contribution in [2.75, 3.05) is 27.4 Å². The summed E-state index contributed by atoms with van der Waals surface area (Å²) in [7, 11) is 3.27. The number of methoxy groups -OCH3 is 2. The smallest absolute Gasteiger partial charge is 0.269 e. The predicted octanol–water partition coefficient (Wildman–Crippen LogP) is 2.30. The Bertz CT molecular complexity index is 425. The first-order valence-electron chi connectivity index (χ1n) is 6.61. The highest BCUT2D eigenvalue weighted by molar-refractivity contribution is 5.35. The molecule has 1 N–H and O–H groups in total. The van der Waals surface area contributed by atoms with Crippen molar-refractivity contribution in [2.24, 2.45) is 0 Å². The summed E-state index contributed by atoms with van der Waals surface area (Å²) in [5.41, 5.74) is 1.02. The van der Waals surface area contributed by atoms with Crippen LogP contribution in [0.2, 0.25) is 0 Å². The molecule has 0 saturated heterocycles. The zero-order valence-electron chi connectivity index (χ0n) is 12.2. The Hall–Kier alpha value is -1.50. The van der Waals surface area contributed by atoms with Crippen LogP contribution in [0.3, 0.4) is 0 Å². The monoisotopic (exact) mass is 282 g/mol. The van der Waals surface area contributed by atoms with E-state index in [0.717, 1.165) is 12.0 Å². The number of nitro groups is 1. The minimum Gasteiger partial charge on any atom is -0.382 e. The maximum absolute atomic E-state index is 10.8. The van der Waals surface area contributed by atoms with Crippen LogP contribution in [0, 0.1) is 10.1 Å². The van der Waals surface area contributed by atoms with Gasteiger partial charge in [-0.25, -0.2) is 0 Å². The molecule has 2 unspecified atom stereocenters. The second-order valence-corrected chi connectivity index (χ2v) is 4.53. The molecule has 6 heteroatoms. The summed E-state index contributed by atoms with van der Waals surface area (Å²) < 4.78 is 10.4. The summed E-state index contributed by atoms with van der Waals surface area (Å²) in [5, 5.41) is 14.2. The lowest BCUT2D eigenvalue weighted by Crippen LogP contribution is -2.34. The van der Waals surface area contributed by atoms with Gasteiger partial charge in [-0.1, -0.05) is 19.1 Å². The van der Waals surface area contributed by atoms with Crippen molar-refractivity contribution in [1.82, 2.24) is 5.32 Å². The van der Waals surface area contributed by atoms with Crippen LogP contribution in [-0.4, -0.2) is 38.4 Å². The Labute approximate surface area is 119 Å². The molecule has 1 aromatic rings. The van der Waals surface area contributed by atoms with E-state index < -0.39 is 0 Å². The Morgan fingerprint density at radius 1 is 1.40 bits per heavy atom. The first kappa shape index (κ1) is 16.6. The molecular weight excluding hydrogens is 260 g/mol. The normalized spacial score (nSPS) is 13.9. The Morgan fingerprint density at radius 3 is 2.70 bits per heavy atom. The van der Waals surface area contributed by atoms with Crippen LogP contribution in [0.15, 0.2) is 24.3 Å². The van der Waals surface area contributed by atoms with Gasteiger partial charge in [0.15, 0.2) is 0 Å². The molecule has 112 valence electrons. The van der Waals surface area contributed by atoms with E-state index in [-0.39, 0.29) is 22.8 Å². The highest BCUT2D eigenvalue weighted by Crippen LogP contribution is 2.21. The number of benzene rings is 1. The average Bonchev–Trinajstić information content (AvgIpc) is 2.47. The lowest BCUT2D eigenvalue weighted by molar-refractivity contribution is -0.384. The maximum atomic E-state index is 10.8. The second kappa shape index (κ2) is 8.63. The number of rotatable bonds is 9. The van der Waals surface area contributed by atoms with E-state index in [1.165, 1.54) is 6.07 Å². The van der Waals surface area contributed by atoms with Gasteiger partial charge in [0.25, 0.3) is 5.69 Å². The van der Waals surface area contributed by atoms with Crippen LogP contribution in [0.5, 0.6) is 0 Å². The highest BCUT2D eigenvalue weighted by atomic mass is 16.6. The maximum Gasteiger partial charge on any atom is 0.269 e. The van der Waals surface area contributed by atoms with E-state index in [2.05, 4.69) is 5.32 Å². The van der Waals surface area contributed by atoms with Crippen molar-refractivity contribution in [2.45, 2.75) is 25.5 Å². The summed E-state index contributed by atoms with van der Waals surface area (Å²) in [6.45, 7) is 3.18. The molecule has 0 aliphatic rings. The zero-order chi connectivity index (χ0) is 15.0. The van der Waals surface area contributed by atoms with Gasteiger partial charge in [-0.05, 0) is 12.0 Å². The van der Waals surface area contributed by atoms with Crippen molar-refractivity contribution in [3.8, 4) is 0 Å². The van der Waals surface area contributed by atoms with Crippen molar-refractivity contribution < 1.29 is 14.4 Å². The fraction of sp³-hybridized carbons (Fsp3) is 0.571. The third-order valence-electron chi connectivity index (χ3n) is 3.17. The van der Waals surface area contributed by atoms with E-state index in [1.54, 1.807) is 26.4 Å². The molecule has 0 spiro atoms. The first-order valence-corrected chi connectivity index (χ1v) is 6.61. The van der Waals surface area contributed by atoms with Crippen molar-refractivity contribution in [3.63, 3.8) is 0 Å². The SMILES string of the molecule is CCC(NCC(COC)OC)c1cccc([N+](=O)[O-])c1. The van der Waals surface area contributed by atoms with Crippen LogP contribution >= 0.6 is 0 Å². The van der Waals surface area contributed by atoms with Gasteiger partial charge < -0.3 is 14.8 Å². The summed E-state index contributed by atoms with van der Waals surface area (Å²) in [6.07, 6.45) is 0.803. The molecule has 0 radical (unpaired) electrons. The Morgan fingerprint density at radius 2 is 2.15 bits per heavy atom. The topological polar surface area (TPSA) is 73.6 Å². The van der Waals surface area contributed by atoms with Gasteiger partial charge in [-0.15, -0.1) is 0 Å². The number of non-ortho nitro benzene ring substituents is 1. The number of hydrogen-bond donors (Lipinski definition) is 1. The molecule has 1 aromatic carbocycles. The van der Waals surface area contributed by atoms with Crippen LogP contribution in [-0.2, 0) is 9.47 Å². The molecule has 0 saturated carbocycles. The molecule has 0 fully saturated rings.